The van der Waals surface area contributed by atoms with Gasteiger partial charge in [-0.3, -0.25) is 0 Å². The van der Waals surface area contributed by atoms with Crippen molar-refractivity contribution in [1.29, 1.82) is 0 Å². The second kappa shape index (κ2) is 5.51. The number of nitrogens with zero attached hydrogens (tertiary/aromatic N) is 1. The molecule has 0 atom stereocenters. The molecule has 1 aliphatic heterocycles. The number of hydrogen-bond acceptors (Lipinski definition) is 2. The van der Waals surface area contributed by atoms with Crippen LogP contribution in [0.5, 0.6) is 11.5 Å². The summed E-state index contributed by atoms with van der Waals surface area (Å²) in [7, 11) is 0. The minimum absolute atomic E-state index is 0.158. The van der Waals surface area contributed by atoms with Gasteiger partial charge in [0.05, 0.1) is 13.2 Å². The monoisotopic (exact) mass is 291 g/mol. The molecule has 0 fully saturated rings. The van der Waals surface area contributed by atoms with Gasteiger partial charge >= 0.3 is 6.92 Å². The third-order valence-corrected chi connectivity index (χ3v) is 4.17. The van der Waals surface area contributed by atoms with Gasteiger partial charge in [0.2, 0.25) is 0 Å². The molecule has 0 bridgehead atoms. The van der Waals surface area contributed by atoms with Gasteiger partial charge in [-0.15, -0.1) is 0 Å². The minimum atomic E-state index is 0.158. The van der Waals surface area contributed by atoms with Crippen molar-refractivity contribution < 1.29 is 9.39 Å². The van der Waals surface area contributed by atoms with E-state index in [2.05, 4.69) is 23.8 Å². The van der Waals surface area contributed by atoms with Crippen LogP contribution in [0.1, 0.15) is 22.3 Å². The van der Waals surface area contributed by atoms with Gasteiger partial charge in [0.15, 0.2) is 5.69 Å². The molecule has 0 N–H and O–H groups in total. The smallest absolute Gasteiger partial charge is 0.324 e. The van der Waals surface area contributed by atoms with Crippen molar-refractivity contribution in [2.75, 3.05) is 0 Å². The molecule has 1 heterocycles. The molecule has 3 rings (SSSR count). The number of benzene rings is 2. The lowest BCUT2D eigenvalue weighted by molar-refractivity contribution is 0.333. The predicted octanol–water partition coefficient (Wildman–Crippen LogP) is 4.31. The van der Waals surface area contributed by atoms with Gasteiger partial charge < -0.3 is 9.39 Å². The zero-order chi connectivity index (χ0) is 15.9. The highest BCUT2D eigenvalue weighted by atomic mass is 16.5. The summed E-state index contributed by atoms with van der Waals surface area (Å²) < 4.78 is 11.7. The predicted molar refractivity (Wildman–Crippen MR) is 89.5 cm³/mol. The first-order valence-corrected chi connectivity index (χ1v) is 7.41. The van der Waals surface area contributed by atoms with Crippen LogP contribution in [-0.2, 0) is 11.3 Å². The Balaban J connectivity index is 1.96. The molecule has 0 saturated carbocycles. The maximum absolute atomic E-state index is 7.22. The van der Waals surface area contributed by atoms with Crippen molar-refractivity contribution in [2.45, 2.75) is 34.2 Å². The first-order chi connectivity index (χ1) is 10.5. The third kappa shape index (κ3) is 2.49. The molecule has 110 valence electrons. The van der Waals surface area contributed by atoms with Crippen LogP contribution in [0.4, 0.5) is 5.69 Å². The van der Waals surface area contributed by atoms with Crippen molar-refractivity contribution >= 4 is 18.1 Å². The van der Waals surface area contributed by atoms with Crippen LogP contribution >= 0.6 is 0 Å². The van der Waals surface area contributed by atoms with E-state index < -0.39 is 0 Å². The quantitative estimate of drug-likeness (QED) is 0.607. The lowest BCUT2D eigenvalue weighted by Gasteiger charge is -2.13. The third-order valence-electron chi connectivity index (χ3n) is 4.17. The van der Waals surface area contributed by atoms with Crippen molar-refractivity contribution in [1.82, 2.24) is 0 Å². The van der Waals surface area contributed by atoms with Crippen LogP contribution < -0.4 is 10.2 Å². The van der Waals surface area contributed by atoms with Crippen LogP contribution in [0.15, 0.2) is 24.3 Å². The first kappa shape index (κ1) is 14.7. The second-order valence-electron chi connectivity index (χ2n) is 5.89. The molecule has 0 spiro atoms. The summed E-state index contributed by atoms with van der Waals surface area (Å²) in [6, 6.07) is 8.06. The SMILES string of the molecule is [C-]#[N+]c1c(C)cc(Oc2cc3c(cc2C)B(C)OC3)cc1C. The molecule has 3 nitrogen and oxygen atoms in total. The summed E-state index contributed by atoms with van der Waals surface area (Å²) in [6.45, 7) is 16.0. The Bertz CT molecular complexity index is 769. The van der Waals surface area contributed by atoms with Gasteiger partial charge in [0.25, 0.3) is 0 Å². The van der Waals surface area contributed by atoms with Crippen molar-refractivity contribution in [3.05, 3.63) is 57.9 Å². The number of rotatable bonds is 2. The number of aryl methyl sites for hydroxylation is 3. The zero-order valence-corrected chi connectivity index (χ0v) is 13.4. The average Bonchev–Trinajstić information content (AvgIpc) is 2.80. The molecule has 1 aliphatic rings. The number of ether oxygens (including phenoxy) is 1. The highest BCUT2D eigenvalue weighted by Crippen LogP contribution is 2.33. The Hall–Kier alpha value is -2.25. The maximum atomic E-state index is 7.22. The van der Waals surface area contributed by atoms with Crippen molar-refractivity contribution in [3.8, 4) is 11.5 Å². The number of fused-ring (bicyclic) bond motifs is 1. The molecule has 0 radical (unpaired) electrons. The van der Waals surface area contributed by atoms with Crippen LogP contribution in [0.2, 0.25) is 6.82 Å². The van der Waals surface area contributed by atoms with Crippen LogP contribution in [-0.4, -0.2) is 6.92 Å². The van der Waals surface area contributed by atoms with E-state index >= 15 is 0 Å². The molecule has 4 heteroatoms. The largest absolute Gasteiger partial charge is 0.457 e. The Labute approximate surface area is 131 Å². The van der Waals surface area contributed by atoms with E-state index in [1.54, 1.807) is 0 Å². The van der Waals surface area contributed by atoms with Crippen LogP contribution in [0.3, 0.4) is 0 Å². The first-order valence-electron chi connectivity index (χ1n) is 7.41. The minimum Gasteiger partial charge on any atom is -0.457 e. The standard InChI is InChI=1S/C18H18BNO2/c1-11-8-16-14(10-21-19(16)4)9-17(11)22-15-6-12(2)18(20-5)13(3)7-15/h6-9H,10H2,1-4H3. The molecule has 2 aromatic rings. The summed E-state index contributed by atoms with van der Waals surface area (Å²) >= 11 is 0. The molecule has 0 aliphatic carbocycles. The Morgan fingerprint density at radius 3 is 2.41 bits per heavy atom. The Kier molecular flexibility index (Phi) is 3.68. The van der Waals surface area contributed by atoms with Crippen LogP contribution in [0, 0.1) is 27.3 Å². The van der Waals surface area contributed by atoms with Crippen molar-refractivity contribution in [2.24, 2.45) is 0 Å². The van der Waals surface area contributed by atoms with Crippen LogP contribution in [0.25, 0.3) is 4.85 Å². The molecule has 0 amide bonds. The lowest BCUT2D eigenvalue weighted by atomic mass is 9.64. The van der Waals surface area contributed by atoms with E-state index in [4.69, 9.17) is 16.0 Å². The van der Waals surface area contributed by atoms with Gasteiger partial charge in [0, 0.05) is 0 Å². The molecular formula is C18H18BNO2. The average molecular weight is 291 g/mol. The summed E-state index contributed by atoms with van der Waals surface area (Å²) in [6.07, 6.45) is 0. The van der Waals surface area contributed by atoms with E-state index in [1.807, 2.05) is 32.9 Å². The molecular weight excluding hydrogens is 273 g/mol. The van der Waals surface area contributed by atoms with Gasteiger partial charge in [-0.05, 0) is 66.7 Å². The highest BCUT2D eigenvalue weighted by molar-refractivity contribution is 6.67. The highest BCUT2D eigenvalue weighted by Gasteiger charge is 2.24. The summed E-state index contributed by atoms with van der Waals surface area (Å²) in [5.74, 6) is 1.63. The van der Waals surface area contributed by atoms with E-state index in [0.29, 0.717) is 12.3 Å². The molecule has 0 saturated heterocycles. The molecule has 2 aromatic carbocycles. The zero-order valence-electron chi connectivity index (χ0n) is 13.4. The summed E-state index contributed by atoms with van der Waals surface area (Å²) in [5, 5.41) is 0. The fourth-order valence-electron chi connectivity index (χ4n) is 2.95. The van der Waals surface area contributed by atoms with Gasteiger partial charge in [-0.1, -0.05) is 12.9 Å². The Morgan fingerprint density at radius 1 is 1.09 bits per heavy atom. The second-order valence-corrected chi connectivity index (χ2v) is 5.89. The lowest BCUT2D eigenvalue weighted by Crippen LogP contribution is -2.24. The number of hydrogen-bond donors (Lipinski definition) is 0. The van der Waals surface area contributed by atoms with E-state index in [9.17, 15) is 0 Å². The molecule has 0 unspecified atom stereocenters. The molecule has 0 aromatic heterocycles. The fourth-order valence-corrected chi connectivity index (χ4v) is 2.95. The van der Waals surface area contributed by atoms with Gasteiger partial charge in [-0.2, -0.15) is 0 Å². The maximum Gasteiger partial charge on any atom is 0.324 e. The van der Waals surface area contributed by atoms with E-state index in [0.717, 1.165) is 28.2 Å². The molecule has 22 heavy (non-hydrogen) atoms. The Morgan fingerprint density at radius 2 is 1.77 bits per heavy atom. The van der Waals surface area contributed by atoms with E-state index in [-0.39, 0.29) is 6.92 Å². The fraction of sp³-hybridized carbons (Fsp3) is 0.278. The van der Waals surface area contributed by atoms with Gasteiger partial charge in [-0.25, -0.2) is 4.85 Å². The van der Waals surface area contributed by atoms with Gasteiger partial charge in [0.1, 0.15) is 11.5 Å². The van der Waals surface area contributed by atoms with Crippen molar-refractivity contribution in [3.63, 3.8) is 0 Å². The topological polar surface area (TPSA) is 22.8 Å². The normalized spacial score (nSPS) is 13.0. The summed E-state index contributed by atoms with van der Waals surface area (Å²) in [5.41, 5.74) is 6.14. The summed E-state index contributed by atoms with van der Waals surface area (Å²) in [4.78, 5) is 3.57. The van der Waals surface area contributed by atoms with E-state index in [1.165, 1.54) is 11.0 Å².